The normalized spacial score (nSPS) is 29.0. The van der Waals surface area contributed by atoms with E-state index in [9.17, 15) is 18.0 Å². The summed E-state index contributed by atoms with van der Waals surface area (Å²) in [5.74, 6) is 4.09. The molecule has 1 heterocycles. The third-order valence-electron chi connectivity index (χ3n) is 12.6. The van der Waals surface area contributed by atoms with Crippen molar-refractivity contribution < 1.29 is 32.2 Å². The molecule has 3 saturated carbocycles. The first-order valence-electron chi connectivity index (χ1n) is 20.0. The largest absolute Gasteiger partial charge is 0.495 e. The molecular formula is C43H64N4O7S. The average molecular weight is 781 g/mol. The van der Waals surface area contributed by atoms with Gasteiger partial charge in [-0.25, -0.2) is 13.6 Å². The van der Waals surface area contributed by atoms with Gasteiger partial charge in [0.05, 0.1) is 13.7 Å². The Bertz CT molecular complexity index is 1810. The second-order valence-electron chi connectivity index (χ2n) is 17.4. The quantitative estimate of drug-likeness (QED) is 0.187. The van der Waals surface area contributed by atoms with Crippen LogP contribution < -0.4 is 35.3 Å². The highest BCUT2D eigenvalue weighted by molar-refractivity contribution is 7.89. The topological polar surface area (TPSA) is 158 Å². The SMILES string of the molecule is CC(C)(C)NC(=O)[C@H]1CC[C@H]2[C@@H]3CC[C@H]4NC(=O)C=C[C@]4(C)[C@H]3CC[C@]12C.CCOc1ccccc1OCCN[C@H](C)Cc1ccc(OC)c(S(N)(=O)=O)c1. The summed E-state index contributed by atoms with van der Waals surface area (Å²) in [4.78, 5) is 24.9. The van der Waals surface area contributed by atoms with Gasteiger partial charge in [0, 0.05) is 35.5 Å². The molecule has 0 bridgehead atoms. The second kappa shape index (κ2) is 17.3. The fourth-order valence-electron chi connectivity index (χ4n) is 10.0. The first-order valence-corrected chi connectivity index (χ1v) is 21.5. The van der Waals surface area contributed by atoms with Gasteiger partial charge >= 0.3 is 0 Å². The number of hydrogen-bond acceptors (Lipinski definition) is 8. The minimum atomic E-state index is -3.84. The van der Waals surface area contributed by atoms with E-state index >= 15 is 0 Å². The van der Waals surface area contributed by atoms with Gasteiger partial charge in [0.15, 0.2) is 11.5 Å². The van der Waals surface area contributed by atoms with E-state index in [1.165, 1.54) is 26.4 Å². The van der Waals surface area contributed by atoms with E-state index in [0.29, 0.717) is 49.7 Å². The Morgan fingerprint density at radius 3 is 2.36 bits per heavy atom. The lowest BCUT2D eigenvalue weighted by atomic mass is 9.48. The molecule has 2 amide bonds. The van der Waals surface area contributed by atoms with Gasteiger partial charge in [-0.1, -0.05) is 38.1 Å². The summed E-state index contributed by atoms with van der Waals surface area (Å²) in [6.45, 7) is 16.6. The number of para-hydroxylation sites is 2. The third kappa shape index (κ3) is 9.86. The van der Waals surface area contributed by atoms with Gasteiger partial charge < -0.3 is 30.2 Å². The zero-order valence-electron chi connectivity index (χ0n) is 34.1. The molecule has 4 aliphatic rings. The number of fused-ring (bicyclic) bond motifs is 5. The third-order valence-corrected chi connectivity index (χ3v) is 13.5. The summed E-state index contributed by atoms with van der Waals surface area (Å²) in [6.07, 6.45) is 11.4. The van der Waals surface area contributed by atoms with Crippen LogP contribution in [0.4, 0.5) is 0 Å². The number of amides is 2. The van der Waals surface area contributed by atoms with E-state index in [1.807, 2.05) is 44.2 Å². The van der Waals surface area contributed by atoms with Gasteiger partial charge in [0.2, 0.25) is 21.8 Å². The zero-order valence-corrected chi connectivity index (χ0v) is 34.9. The molecule has 6 rings (SSSR count). The van der Waals surface area contributed by atoms with E-state index in [2.05, 4.69) is 56.6 Å². The zero-order chi connectivity index (χ0) is 40.2. The number of carbonyl (C=O) groups excluding carboxylic acids is 2. The van der Waals surface area contributed by atoms with Gasteiger partial charge in [-0.2, -0.15) is 0 Å². The summed E-state index contributed by atoms with van der Waals surface area (Å²) in [5.41, 5.74) is 0.886. The molecule has 0 aromatic heterocycles. The van der Waals surface area contributed by atoms with Gasteiger partial charge in [-0.15, -0.1) is 0 Å². The number of rotatable bonds is 12. The van der Waals surface area contributed by atoms with Crippen molar-refractivity contribution in [3.63, 3.8) is 0 Å². The number of ether oxygens (including phenoxy) is 3. The lowest BCUT2D eigenvalue weighted by Crippen LogP contribution is -2.59. The Labute approximate surface area is 329 Å². The van der Waals surface area contributed by atoms with Crippen LogP contribution in [0, 0.1) is 34.5 Å². The number of sulfonamides is 1. The molecule has 0 radical (unpaired) electrons. The first-order chi connectivity index (χ1) is 25.9. The molecule has 55 heavy (non-hydrogen) atoms. The van der Waals surface area contributed by atoms with Crippen LogP contribution >= 0.6 is 0 Å². The van der Waals surface area contributed by atoms with Crippen LogP contribution in [0.25, 0.3) is 0 Å². The van der Waals surface area contributed by atoms with Gasteiger partial charge in [0.25, 0.3) is 0 Å². The number of nitrogens with one attached hydrogen (secondary N) is 3. The Balaban J connectivity index is 0.000000211. The van der Waals surface area contributed by atoms with Crippen molar-refractivity contribution in [2.24, 2.45) is 39.6 Å². The van der Waals surface area contributed by atoms with E-state index < -0.39 is 10.0 Å². The number of benzene rings is 2. The highest BCUT2D eigenvalue weighted by Gasteiger charge is 2.61. The predicted molar refractivity (Wildman–Crippen MR) is 215 cm³/mol. The lowest BCUT2D eigenvalue weighted by molar-refractivity contribution is -0.135. The van der Waals surface area contributed by atoms with E-state index in [-0.39, 0.29) is 56.8 Å². The molecule has 12 heteroatoms. The highest BCUT2D eigenvalue weighted by atomic mass is 32.2. The molecule has 1 aliphatic heterocycles. The van der Waals surface area contributed by atoms with Crippen molar-refractivity contribution in [3.05, 3.63) is 60.2 Å². The van der Waals surface area contributed by atoms with Crippen LogP contribution in [0.3, 0.4) is 0 Å². The summed E-state index contributed by atoms with van der Waals surface area (Å²) >= 11 is 0. The van der Waals surface area contributed by atoms with Gasteiger partial charge in [0.1, 0.15) is 17.3 Å². The second-order valence-corrected chi connectivity index (χ2v) is 19.0. The van der Waals surface area contributed by atoms with Crippen LogP contribution in [0.1, 0.15) is 92.6 Å². The van der Waals surface area contributed by atoms with Crippen molar-refractivity contribution in [2.45, 2.75) is 116 Å². The van der Waals surface area contributed by atoms with Gasteiger partial charge in [-0.05, 0) is 139 Å². The molecule has 0 unspecified atom stereocenters. The number of primary sulfonamides is 1. The van der Waals surface area contributed by atoms with E-state index in [1.54, 1.807) is 18.2 Å². The van der Waals surface area contributed by atoms with Crippen LogP contribution in [0.2, 0.25) is 0 Å². The molecule has 0 spiro atoms. The summed E-state index contributed by atoms with van der Waals surface area (Å²) in [5, 5.41) is 15.1. The molecule has 2 aromatic rings. The molecule has 8 atom stereocenters. The molecule has 3 fully saturated rings. The monoisotopic (exact) mass is 780 g/mol. The number of nitrogens with two attached hydrogens (primary N) is 1. The molecule has 2 aromatic carbocycles. The van der Waals surface area contributed by atoms with Crippen LogP contribution in [0.5, 0.6) is 17.2 Å². The Morgan fingerprint density at radius 1 is 1.00 bits per heavy atom. The molecule has 0 saturated heterocycles. The minimum Gasteiger partial charge on any atom is -0.495 e. The van der Waals surface area contributed by atoms with E-state index in [4.69, 9.17) is 19.3 Å². The van der Waals surface area contributed by atoms with Crippen molar-refractivity contribution in [1.29, 1.82) is 0 Å². The summed E-state index contributed by atoms with van der Waals surface area (Å²) < 4.78 is 39.9. The highest BCUT2D eigenvalue weighted by Crippen LogP contribution is 2.65. The maximum atomic E-state index is 13.0. The van der Waals surface area contributed by atoms with Crippen LogP contribution in [0.15, 0.2) is 59.5 Å². The molecule has 5 N–H and O–H groups in total. The Hall–Kier alpha value is -3.61. The maximum absolute atomic E-state index is 13.0. The van der Waals surface area contributed by atoms with Crippen molar-refractivity contribution in [1.82, 2.24) is 16.0 Å². The van der Waals surface area contributed by atoms with Crippen molar-refractivity contribution in [3.8, 4) is 17.2 Å². The fourth-order valence-corrected chi connectivity index (χ4v) is 10.8. The van der Waals surface area contributed by atoms with Crippen molar-refractivity contribution in [2.75, 3.05) is 26.9 Å². The molecule has 3 aliphatic carbocycles. The smallest absolute Gasteiger partial charge is 0.243 e. The fraction of sp³-hybridized carbons (Fsp3) is 0.628. The van der Waals surface area contributed by atoms with Crippen LogP contribution in [-0.4, -0.2) is 64.7 Å². The number of carbonyl (C=O) groups is 2. The summed E-state index contributed by atoms with van der Waals surface area (Å²) in [6, 6.07) is 13.0. The molecular weight excluding hydrogens is 717 g/mol. The summed E-state index contributed by atoms with van der Waals surface area (Å²) in [7, 11) is -2.43. The molecule has 304 valence electrons. The lowest BCUT2D eigenvalue weighted by Gasteiger charge is -2.58. The number of hydrogen-bond donors (Lipinski definition) is 4. The Kier molecular flexibility index (Phi) is 13.3. The predicted octanol–water partition coefficient (Wildman–Crippen LogP) is 6.16. The first kappa shape index (κ1) is 42.5. The molecule has 11 nitrogen and oxygen atoms in total. The van der Waals surface area contributed by atoms with Crippen molar-refractivity contribution >= 4 is 21.8 Å². The van der Waals surface area contributed by atoms with Gasteiger partial charge in [-0.3, -0.25) is 9.59 Å². The van der Waals surface area contributed by atoms with E-state index in [0.717, 1.165) is 30.6 Å². The minimum absolute atomic E-state index is 0.00411. The van der Waals surface area contributed by atoms with Crippen LogP contribution in [-0.2, 0) is 26.0 Å². The Morgan fingerprint density at radius 2 is 1.71 bits per heavy atom. The average Bonchev–Trinajstić information content (AvgIpc) is 3.48. The standard InChI is InChI=1S/C23H36N2O2.C20H28N2O5S/c1-21(2,3)25-20(27)17-8-7-15-14-6-9-18-23(5,13-11-19(26)24-18)16(14)10-12-22(15,17)4;1-4-26-17-7-5-6-8-18(17)27-12-11-22-15(2)13-16-9-10-19(25-3)20(14-16)28(21,23)24/h11,13-18H,6-10,12H2,1-5H3,(H,24,26)(H,25,27);5-10,14-15,22H,4,11-13H2,1-3H3,(H2,21,23,24)/t14-,15-,16-,17+,18+,22-,23+;15-/m01/s1. The maximum Gasteiger partial charge on any atom is 0.243 e. The number of methoxy groups -OCH3 is 1.